The molecule has 4 aliphatic carbocycles. The Morgan fingerprint density at radius 1 is 1.04 bits per heavy atom. The van der Waals surface area contributed by atoms with Crippen molar-refractivity contribution in [2.24, 2.45) is 46.3 Å². The van der Waals surface area contributed by atoms with E-state index < -0.39 is 5.97 Å². The van der Waals surface area contributed by atoms with E-state index in [1.165, 1.54) is 32.1 Å². The molecule has 4 fully saturated rings. The monoisotopic (exact) mass is 346 g/mol. The maximum Gasteiger partial charge on any atom is 0.306 e. The first-order chi connectivity index (χ1) is 11.8. The highest BCUT2D eigenvalue weighted by Crippen LogP contribution is 2.68. The van der Waals surface area contributed by atoms with E-state index in [-0.39, 0.29) is 11.3 Å². The summed E-state index contributed by atoms with van der Waals surface area (Å²) in [7, 11) is 0. The van der Waals surface area contributed by atoms with Crippen molar-refractivity contribution in [2.75, 3.05) is 0 Å². The molecule has 140 valence electrons. The second kappa shape index (κ2) is 5.82. The normalized spacial score (nSPS) is 50.5. The van der Waals surface area contributed by atoms with E-state index in [1.54, 1.807) is 0 Å². The molecule has 0 aliphatic heterocycles. The molecule has 4 saturated carbocycles. The van der Waals surface area contributed by atoms with Crippen molar-refractivity contribution >= 4 is 11.8 Å². The van der Waals surface area contributed by atoms with E-state index in [0.29, 0.717) is 29.0 Å². The van der Waals surface area contributed by atoms with Crippen molar-refractivity contribution in [1.82, 2.24) is 0 Å². The number of hydrogen-bond acceptors (Lipinski definition) is 2. The van der Waals surface area contributed by atoms with Gasteiger partial charge in [-0.05, 0) is 85.4 Å². The van der Waals surface area contributed by atoms with Crippen molar-refractivity contribution in [3.05, 3.63) is 0 Å². The molecule has 0 aromatic rings. The average Bonchev–Trinajstić information content (AvgIpc) is 2.92. The Morgan fingerprint density at radius 2 is 1.76 bits per heavy atom. The molecule has 8 atom stereocenters. The molecule has 0 bridgehead atoms. The summed E-state index contributed by atoms with van der Waals surface area (Å²) in [4.78, 5) is 23.6. The lowest BCUT2D eigenvalue weighted by molar-refractivity contribution is -0.149. The minimum absolute atomic E-state index is 0.215. The summed E-state index contributed by atoms with van der Waals surface area (Å²) in [5, 5.41) is 9.57. The first-order valence-electron chi connectivity index (χ1n) is 10.5. The lowest BCUT2D eigenvalue weighted by Gasteiger charge is -2.60. The fourth-order valence-electron chi connectivity index (χ4n) is 8.08. The zero-order valence-corrected chi connectivity index (χ0v) is 16.1. The van der Waals surface area contributed by atoms with Crippen LogP contribution in [0.3, 0.4) is 0 Å². The highest BCUT2D eigenvalue weighted by atomic mass is 16.4. The summed E-state index contributed by atoms with van der Waals surface area (Å²) in [5.74, 6) is 2.83. The van der Waals surface area contributed by atoms with E-state index >= 15 is 0 Å². The number of carbonyl (C=O) groups is 2. The lowest BCUT2D eigenvalue weighted by atomic mass is 9.44. The quantitative estimate of drug-likeness (QED) is 0.771. The molecule has 0 amide bonds. The van der Waals surface area contributed by atoms with E-state index in [1.807, 2.05) is 6.92 Å². The smallest absolute Gasteiger partial charge is 0.306 e. The third kappa shape index (κ3) is 2.44. The molecule has 1 N–H and O–H groups in total. The molecule has 0 saturated heterocycles. The van der Waals surface area contributed by atoms with Crippen molar-refractivity contribution in [2.45, 2.75) is 78.6 Å². The highest BCUT2D eigenvalue weighted by molar-refractivity contribution is 5.79. The van der Waals surface area contributed by atoms with Crippen LogP contribution in [0.15, 0.2) is 0 Å². The van der Waals surface area contributed by atoms with Gasteiger partial charge in [-0.3, -0.25) is 9.59 Å². The van der Waals surface area contributed by atoms with Crippen LogP contribution in [0.2, 0.25) is 0 Å². The Labute approximate surface area is 151 Å². The van der Waals surface area contributed by atoms with Crippen LogP contribution in [0.4, 0.5) is 0 Å². The van der Waals surface area contributed by atoms with Crippen molar-refractivity contribution in [1.29, 1.82) is 0 Å². The Balaban J connectivity index is 1.60. The first-order valence-corrected chi connectivity index (χ1v) is 10.5. The summed E-state index contributed by atoms with van der Waals surface area (Å²) in [6.07, 6.45) is 9.95. The molecule has 25 heavy (non-hydrogen) atoms. The molecule has 0 aromatic carbocycles. The Morgan fingerprint density at radius 3 is 2.48 bits per heavy atom. The van der Waals surface area contributed by atoms with Crippen LogP contribution in [0, 0.1) is 46.3 Å². The highest BCUT2D eigenvalue weighted by Gasteiger charge is 2.61. The van der Waals surface area contributed by atoms with Crippen molar-refractivity contribution < 1.29 is 14.7 Å². The van der Waals surface area contributed by atoms with Gasteiger partial charge in [-0.1, -0.05) is 20.8 Å². The summed E-state index contributed by atoms with van der Waals surface area (Å²) in [6, 6.07) is 0. The number of carboxylic acids is 1. The first kappa shape index (κ1) is 17.5. The van der Waals surface area contributed by atoms with E-state index in [9.17, 15) is 14.7 Å². The molecule has 3 nitrogen and oxygen atoms in total. The number of hydrogen-bond donors (Lipinski definition) is 1. The zero-order valence-electron chi connectivity index (χ0n) is 16.1. The van der Waals surface area contributed by atoms with Crippen molar-refractivity contribution in [3.63, 3.8) is 0 Å². The van der Waals surface area contributed by atoms with E-state index in [2.05, 4.69) is 13.8 Å². The van der Waals surface area contributed by atoms with Crippen LogP contribution < -0.4 is 0 Å². The largest absolute Gasteiger partial charge is 0.481 e. The molecular formula is C22H34O3. The molecule has 3 heteroatoms. The summed E-state index contributed by atoms with van der Waals surface area (Å²) in [5.41, 5.74) is 0.571. The van der Waals surface area contributed by atoms with Gasteiger partial charge in [-0.25, -0.2) is 0 Å². The maximum atomic E-state index is 12.0. The standard InChI is InChI=1S/C22H34O3/c1-13(20(24)25)17-6-7-18-16-5-4-14-12-15(23)8-10-21(14,2)19(16)9-11-22(17,18)3/h13-14,16-19H,4-12H2,1-3H3,(H,24,25). The molecule has 0 aromatic heterocycles. The van der Waals surface area contributed by atoms with Gasteiger partial charge in [0.1, 0.15) is 5.78 Å². The molecule has 0 heterocycles. The SMILES string of the molecule is CC(C(=O)O)C1CCC2C3CCC4CC(=O)CCC4(C)C3CCC12C. The second-order valence-corrected chi connectivity index (χ2v) is 10.3. The number of fused-ring (bicyclic) bond motifs is 5. The molecule has 8 unspecified atom stereocenters. The van der Waals surface area contributed by atoms with Crippen LogP contribution >= 0.6 is 0 Å². The Kier molecular flexibility index (Phi) is 4.09. The van der Waals surface area contributed by atoms with E-state index in [0.717, 1.165) is 37.5 Å². The Hall–Kier alpha value is -0.860. The van der Waals surface area contributed by atoms with Gasteiger partial charge < -0.3 is 5.11 Å². The fourth-order valence-corrected chi connectivity index (χ4v) is 8.08. The summed E-state index contributed by atoms with van der Waals surface area (Å²) >= 11 is 0. The number of ketones is 1. The van der Waals surface area contributed by atoms with Gasteiger partial charge in [0.2, 0.25) is 0 Å². The predicted octanol–water partition coefficient (Wildman–Crippen LogP) is 4.94. The molecule has 0 radical (unpaired) electrons. The van der Waals surface area contributed by atoms with Gasteiger partial charge in [-0.2, -0.15) is 0 Å². The fraction of sp³-hybridized carbons (Fsp3) is 0.909. The number of carbonyl (C=O) groups excluding carboxylic acids is 1. The molecule has 4 aliphatic rings. The topological polar surface area (TPSA) is 54.4 Å². The van der Waals surface area contributed by atoms with Gasteiger partial charge in [0.25, 0.3) is 0 Å². The minimum atomic E-state index is -0.615. The van der Waals surface area contributed by atoms with E-state index in [4.69, 9.17) is 0 Å². The summed E-state index contributed by atoms with van der Waals surface area (Å²) < 4.78 is 0. The molecule has 0 spiro atoms. The van der Waals surface area contributed by atoms with Gasteiger partial charge in [0.15, 0.2) is 0 Å². The number of carboxylic acid groups (broad SMARTS) is 1. The molecule has 4 rings (SSSR count). The average molecular weight is 347 g/mol. The van der Waals surface area contributed by atoms with Gasteiger partial charge in [0, 0.05) is 12.8 Å². The predicted molar refractivity (Wildman–Crippen MR) is 97.0 cm³/mol. The van der Waals surface area contributed by atoms with Crippen LogP contribution in [0.1, 0.15) is 78.6 Å². The maximum absolute atomic E-state index is 12.0. The third-order valence-electron chi connectivity index (χ3n) is 9.55. The minimum Gasteiger partial charge on any atom is -0.481 e. The number of Topliss-reactive ketones (excluding diaryl/α,β-unsaturated/α-hetero) is 1. The second-order valence-electron chi connectivity index (χ2n) is 10.3. The van der Waals surface area contributed by atoms with Crippen LogP contribution in [-0.2, 0) is 9.59 Å². The van der Waals surface area contributed by atoms with Gasteiger partial charge in [0.05, 0.1) is 5.92 Å². The van der Waals surface area contributed by atoms with Crippen LogP contribution in [0.25, 0.3) is 0 Å². The van der Waals surface area contributed by atoms with Crippen LogP contribution in [0.5, 0.6) is 0 Å². The van der Waals surface area contributed by atoms with Gasteiger partial charge >= 0.3 is 5.97 Å². The van der Waals surface area contributed by atoms with Gasteiger partial charge in [-0.15, -0.1) is 0 Å². The van der Waals surface area contributed by atoms with Crippen LogP contribution in [-0.4, -0.2) is 16.9 Å². The molecular weight excluding hydrogens is 312 g/mol. The zero-order chi connectivity index (χ0) is 18.0. The lowest BCUT2D eigenvalue weighted by Crippen LogP contribution is -2.54. The number of aliphatic carboxylic acids is 1. The third-order valence-corrected chi connectivity index (χ3v) is 9.55. The summed E-state index contributed by atoms with van der Waals surface area (Å²) in [6.45, 7) is 6.82. The Bertz CT molecular complexity index is 584. The van der Waals surface area contributed by atoms with Crippen molar-refractivity contribution in [3.8, 4) is 0 Å². The number of rotatable bonds is 2.